The third-order valence-electron chi connectivity index (χ3n) is 4.64. The van der Waals surface area contributed by atoms with Gasteiger partial charge in [-0.05, 0) is 42.0 Å². The van der Waals surface area contributed by atoms with Crippen LogP contribution in [-0.2, 0) is 11.2 Å². The molecule has 0 spiro atoms. The molecule has 7 heteroatoms. The topological polar surface area (TPSA) is 61.8 Å². The van der Waals surface area contributed by atoms with Gasteiger partial charge in [0, 0.05) is 28.2 Å². The second-order valence-electron chi connectivity index (χ2n) is 6.44. The molecule has 2 aromatic carbocycles. The minimum atomic E-state index is -1.42. The van der Waals surface area contributed by atoms with Gasteiger partial charge in [-0.15, -0.1) is 0 Å². The standard InChI is InChI=1S/C21H15Cl2N3O2/c22-16-10-9-15(17(23)12-16)13-21(25-19(27)14-6-2-1-3-7-14)20(28)24-18-8-4-5-11-26(18)21/h1-12H,13H2,(H,25,27). The Bertz CT molecular complexity index is 1050. The van der Waals surface area contributed by atoms with E-state index < -0.39 is 11.6 Å². The number of carbonyl (C=O) groups excluding carboxylic acids is 2. The monoisotopic (exact) mass is 411 g/mol. The lowest BCUT2D eigenvalue weighted by Gasteiger charge is -2.37. The number of aliphatic imine (C=N–C) groups is 1. The summed E-state index contributed by atoms with van der Waals surface area (Å²) in [5, 5.41) is 3.80. The molecule has 2 aliphatic rings. The molecule has 0 radical (unpaired) electrons. The van der Waals surface area contributed by atoms with Crippen molar-refractivity contribution in [3.05, 3.63) is 94.1 Å². The minimum Gasteiger partial charge on any atom is -0.321 e. The Morgan fingerprint density at radius 1 is 1.11 bits per heavy atom. The van der Waals surface area contributed by atoms with Crippen molar-refractivity contribution in [2.45, 2.75) is 12.1 Å². The van der Waals surface area contributed by atoms with Crippen LogP contribution in [0.1, 0.15) is 15.9 Å². The van der Waals surface area contributed by atoms with Gasteiger partial charge in [-0.25, -0.2) is 0 Å². The Labute approximate surface area is 172 Å². The number of hydrogen-bond acceptors (Lipinski definition) is 3. The molecule has 2 amide bonds. The summed E-state index contributed by atoms with van der Waals surface area (Å²) in [5.41, 5.74) is -0.296. The summed E-state index contributed by atoms with van der Waals surface area (Å²) in [5.74, 6) is -0.376. The molecule has 0 saturated carbocycles. The first-order valence-electron chi connectivity index (χ1n) is 8.58. The van der Waals surface area contributed by atoms with Gasteiger partial charge < -0.3 is 10.2 Å². The largest absolute Gasteiger partial charge is 0.321 e. The van der Waals surface area contributed by atoms with E-state index in [1.165, 1.54) is 0 Å². The van der Waals surface area contributed by atoms with Crippen molar-refractivity contribution in [2.24, 2.45) is 4.99 Å². The molecule has 1 N–H and O–H groups in total. The lowest BCUT2D eigenvalue weighted by molar-refractivity contribution is -0.126. The molecule has 0 saturated heterocycles. The number of nitrogens with one attached hydrogen (secondary N) is 1. The van der Waals surface area contributed by atoms with E-state index in [4.69, 9.17) is 23.2 Å². The molecule has 2 heterocycles. The predicted octanol–water partition coefficient (Wildman–Crippen LogP) is 3.99. The molecule has 28 heavy (non-hydrogen) atoms. The van der Waals surface area contributed by atoms with E-state index >= 15 is 0 Å². The highest BCUT2D eigenvalue weighted by Crippen LogP contribution is 2.32. The number of amides is 2. The van der Waals surface area contributed by atoms with Crippen LogP contribution >= 0.6 is 23.2 Å². The number of halogens is 2. The molecular weight excluding hydrogens is 397 g/mol. The van der Waals surface area contributed by atoms with Gasteiger partial charge in [0.1, 0.15) is 5.84 Å². The number of amidine groups is 1. The maximum atomic E-state index is 13.0. The number of rotatable bonds is 4. The van der Waals surface area contributed by atoms with Crippen LogP contribution in [0.15, 0.2) is 78.0 Å². The summed E-state index contributed by atoms with van der Waals surface area (Å²) in [7, 11) is 0. The van der Waals surface area contributed by atoms with Crippen LogP contribution in [0, 0.1) is 0 Å². The normalized spacial score (nSPS) is 20.1. The van der Waals surface area contributed by atoms with Crippen LogP contribution in [-0.4, -0.2) is 28.2 Å². The van der Waals surface area contributed by atoms with Crippen LogP contribution in [0.3, 0.4) is 0 Å². The second-order valence-corrected chi connectivity index (χ2v) is 7.28. The van der Waals surface area contributed by atoms with E-state index in [9.17, 15) is 9.59 Å². The SMILES string of the molecule is O=C(NC1(Cc2ccc(Cl)cc2Cl)C(=O)N=C2C=CC=CN21)c1ccccc1. The van der Waals surface area contributed by atoms with Gasteiger partial charge in [0.05, 0.1) is 0 Å². The highest BCUT2D eigenvalue weighted by atomic mass is 35.5. The number of benzene rings is 2. The summed E-state index contributed by atoms with van der Waals surface area (Å²) in [6.45, 7) is 0. The molecule has 1 atom stereocenters. The smallest absolute Gasteiger partial charge is 0.295 e. The predicted molar refractivity (Wildman–Crippen MR) is 109 cm³/mol. The van der Waals surface area contributed by atoms with Crippen molar-refractivity contribution in [3.8, 4) is 0 Å². The van der Waals surface area contributed by atoms with Gasteiger partial charge in [-0.2, -0.15) is 4.99 Å². The first kappa shape index (κ1) is 18.5. The molecule has 0 fully saturated rings. The van der Waals surface area contributed by atoms with Crippen LogP contribution in [0.25, 0.3) is 0 Å². The van der Waals surface area contributed by atoms with Gasteiger partial charge >= 0.3 is 0 Å². The summed E-state index contributed by atoms with van der Waals surface area (Å²) in [4.78, 5) is 31.8. The first-order valence-corrected chi connectivity index (χ1v) is 9.34. The first-order chi connectivity index (χ1) is 13.5. The highest BCUT2D eigenvalue weighted by Gasteiger charge is 2.51. The molecule has 140 valence electrons. The van der Waals surface area contributed by atoms with E-state index in [-0.39, 0.29) is 12.3 Å². The fourth-order valence-corrected chi connectivity index (χ4v) is 3.73. The number of carbonyl (C=O) groups is 2. The maximum absolute atomic E-state index is 13.0. The van der Waals surface area contributed by atoms with Gasteiger partial charge in [0.25, 0.3) is 11.8 Å². The van der Waals surface area contributed by atoms with Crippen molar-refractivity contribution >= 4 is 40.9 Å². The summed E-state index contributed by atoms with van der Waals surface area (Å²) in [6.07, 6.45) is 7.14. The number of allylic oxidation sites excluding steroid dienone is 2. The zero-order valence-electron chi connectivity index (χ0n) is 14.6. The molecule has 5 nitrogen and oxygen atoms in total. The van der Waals surface area contributed by atoms with Gasteiger partial charge in [0.15, 0.2) is 0 Å². The Kier molecular flexibility index (Phi) is 4.79. The summed E-state index contributed by atoms with van der Waals surface area (Å²) < 4.78 is 0. The molecule has 0 aliphatic carbocycles. The van der Waals surface area contributed by atoms with Crippen molar-refractivity contribution in [3.63, 3.8) is 0 Å². The lowest BCUT2D eigenvalue weighted by Crippen LogP contribution is -2.63. The Balaban J connectivity index is 1.75. The average molecular weight is 412 g/mol. The third kappa shape index (κ3) is 3.23. The van der Waals surface area contributed by atoms with Crippen molar-refractivity contribution in [1.82, 2.24) is 10.2 Å². The fraction of sp³-hybridized carbons (Fsp3) is 0.0952. The Morgan fingerprint density at radius 3 is 2.64 bits per heavy atom. The van der Waals surface area contributed by atoms with Crippen molar-refractivity contribution in [2.75, 3.05) is 0 Å². The minimum absolute atomic E-state index is 0.131. The zero-order chi connectivity index (χ0) is 19.7. The van der Waals surface area contributed by atoms with E-state index in [1.54, 1.807) is 71.8 Å². The number of fused-ring (bicyclic) bond motifs is 1. The highest BCUT2D eigenvalue weighted by molar-refractivity contribution is 6.35. The zero-order valence-corrected chi connectivity index (χ0v) is 16.1. The van der Waals surface area contributed by atoms with Gasteiger partial charge in [-0.1, -0.05) is 53.5 Å². The van der Waals surface area contributed by atoms with Crippen LogP contribution in [0.5, 0.6) is 0 Å². The summed E-state index contributed by atoms with van der Waals surface area (Å²) >= 11 is 12.3. The Morgan fingerprint density at radius 2 is 1.89 bits per heavy atom. The molecule has 4 rings (SSSR count). The molecular formula is C21H15Cl2N3O2. The maximum Gasteiger partial charge on any atom is 0.295 e. The van der Waals surface area contributed by atoms with Crippen LogP contribution in [0.4, 0.5) is 0 Å². The fourth-order valence-electron chi connectivity index (χ4n) is 3.26. The molecule has 0 bridgehead atoms. The lowest BCUT2D eigenvalue weighted by atomic mass is 9.96. The second kappa shape index (κ2) is 7.26. The third-order valence-corrected chi connectivity index (χ3v) is 5.22. The van der Waals surface area contributed by atoms with E-state index in [0.29, 0.717) is 27.0 Å². The molecule has 0 aromatic heterocycles. The molecule has 1 unspecified atom stereocenters. The van der Waals surface area contributed by atoms with Crippen LogP contribution in [0.2, 0.25) is 10.0 Å². The van der Waals surface area contributed by atoms with E-state index in [1.807, 2.05) is 6.07 Å². The Hall–Kier alpha value is -2.89. The quantitative estimate of drug-likeness (QED) is 0.826. The number of nitrogens with zero attached hydrogens (tertiary/aromatic N) is 2. The van der Waals surface area contributed by atoms with E-state index in [0.717, 1.165) is 0 Å². The van der Waals surface area contributed by atoms with Gasteiger partial charge in [-0.3, -0.25) is 9.59 Å². The average Bonchev–Trinajstić information content (AvgIpc) is 2.96. The van der Waals surface area contributed by atoms with Crippen molar-refractivity contribution in [1.29, 1.82) is 0 Å². The van der Waals surface area contributed by atoms with Crippen molar-refractivity contribution < 1.29 is 9.59 Å². The van der Waals surface area contributed by atoms with Crippen LogP contribution < -0.4 is 5.32 Å². The number of hydrogen-bond donors (Lipinski definition) is 1. The molecule has 2 aromatic rings. The summed E-state index contributed by atoms with van der Waals surface area (Å²) in [6, 6.07) is 13.8. The van der Waals surface area contributed by atoms with E-state index in [2.05, 4.69) is 10.3 Å². The molecule has 2 aliphatic heterocycles. The van der Waals surface area contributed by atoms with Gasteiger partial charge in [0.2, 0.25) is 5.66 Å².